The van der Waals surface area contributed by atoms with Gasteiger partial charge < -0.3 is 28.9 Å². The Balaban J connectivity index is 2.49. The molecular formula is C14H25N2O8P. The lowest BCUT2D eigenvalue weighted by Gasteiger charge is -2.39. The van der Waals surface area contributed by atoms with Gasteiger partial charge in [0, 0.05) is 13.2 Å². The van der Waals surface area contributed by atoms with Gasteiger partial charge in [-0.25, -0.2) is 9.69 Å². The molecule has 0 aliphatic carbocycles. The topological polar surface area (TPSA) is 129 Å². The number of carbonyl (C=O) groups excluding carboxylic acids is 2. The summed E-state index contributed by atoms with van der Waals surface area (Å²) in [5.41, 5.74) is -3.78. The van der Waals surface area contributed by atoms with Crippen molar-refractivity contribution in [3.8, 4) is 0 Å². The van der Waals surface area contributed by atoms with Crippen LogP contribution in [-0.2, 0) is 23.6 Å². The minimum absolute atomic E-state index is 0.124. The van der Waals surface area contributed by atoms with Crippen LogP contribution in [0.3, 0.4) is 0 Å². The highest BCUT2D eigenvalue weighted by Crippen LogP contribution is 2.55. The molecule has 2 atom stereocenters. The summed E-state index contributed by atoms with van der Waals surface area (Å²) < 4.78 is 27.9. The van der Waals surface area contributed by atoms with E-state index in [9.17, 15) is 23.9 Å². The number of rotatable bonds is 9. The van der Waals surface area contributed by atoms with E-state index >= 15 is 0 Å². The minimum atomic E-state index is -5.10. The van der Waals surface area contributed by atoms with Crippen molar-refractivity contribution in [2.45, 2.75) is 44.8 Å². The van der Waals surface area contributed by atoms with Gasteiger partial charge in [-0.05, 0) is 27.7 Å². The summed E-state index contributed by atoms with van der Waals surface area (Å²) >= 11 is 0. The summed E-state index contributed by atoms with van der Waals surface area (Å²) in [4.78, 5) is 47.5. The van der Waals surface area contributed by atoms with Crippen LogP contribution in [0.5, 0.6) is 0 Å². The zero-order valence-corrected chi connectivity index (χ0v) is 15.7. The Labute approximate surface area is 146 Å². The molecule has 2 aliphatic rings. The molecule has 2 N–H and O–H groups in total. The number of hydrogen-bond donors (Lipinski definition) is 2. The lowest BCUT2D eigenvalue weighted by atomic mass is 10.0. The van der Waals surface area contributed by atoms with E-state index < -0.39 is 37.1 Å². The summed E-state index contributed by atoms with van der Waals surface area (Å²) in [6, 6.07) is -0.832. The number of hydrogen-bond acceptors (Lipinski definition) is 6. The molecule has 2 unspecified atom stereocenters. The molecule has 0 spiro atoms. The van der Waals surface area contributed by atoms with Crippen molar-refractivity contribution in [1.29, 1.82) is 0 Å². The molecule has 3 amide bonds. The van der Waals surface area contributed by atoms with E-state index in [1.807, 2.05) is 0 Å². The predicted octanol–water partition coefficient (Wildman–Crippen LogP) is 0.332. The lowest BCUT2D eigenvalue weighted by Crippen LogP contribution is -2.57. The molecule has 2 rings (SSSR count). The second-order valence-corrected chi connectivity index (χ2v) is 8.19. The third kappa shape index (κ3) is 3.47. The average molecular weight is 380 g/mol. The van der Waals surface area contributed by atoms with Crippen molar-refractivity contribution < 1.29 is 38.2 Å². The molecular weight excluding hydrogens is 355 g/mol. The van der Waals surface area contributed by atoms with Gasteiger partial charge in [0.2, 0.25) is 0 Å². The molecule has 2 saturated heterocycles. The zero-order valence-electron chi connectivity index (χ0n) is 14.8. The van der Waals surface area contributed by atoms with Gasteiger partial charge in [0.15, 0.2) is 0 Å². The predicted molar refractivity (Wildman–Crippen MR) is 85.7 cm³/mol. The van der Waals surface area contributed by atoms with Crippen molar-refractivity contribution in [2.24, 2.45) is 0 Å². The summed E-state index contributed by atoms with van der Waals surface area (Å²) in [7, 11) is -5.10. The Morgan fingerprint density at radius 1 is 1.32 bits per heavy atom. The Morgan fingerprint density at radius 2 is 1.92 bits per heavy atom. The number of imide groups is 1. The summed E-state index contributed by atoms with van der Waals surface area (Å²) in [6.07, 6.45) is -0.181. The van der Waals surface area contributed by atoms with Crippen LogP contribution in [0.25, 0.3) is 0 Å². The number of nitrogens with zero attached hydrogens (tertiary/aromatic N) is 2. The van der Waals surface area contributed by atoms with Crippen LogP contribution in [-0.4, -0.2) is 81.6 Å². The zero-order chi connectivity index (χ0) is 19.0. The molecule has 10 nitrogen and oxygen atoms in total. The summed E-state index contributed by atoms with van der Waals surface area (Å²) in [6.45, 7) is 6.21. The Hall–Kier alpha value is -1.03. The maximum Gasteiger partial charge on any atom is 0.381 e. The minimum Gasteiger partial charge on any atom is -0.376 e. The van der Waals surface area contributed by atoms with E-state index in [1.165, 1.54) is 25.7 Å². The molecule has 2 aliphatic heterocycles. The molecule has 0 aromatic carbocycles. The first-order chi connectivity index (χ1) is 11.5. The largest absolute Gasteiger partial charge is 0.381 e. The molecule has 0 aromatic heterocycles. The number of carbonyl (C=O) groups is 2. The SMILES string of the molecule is CCOCC(OCC)(N1C(=O)N(CC2CO2)C(C)(C)C1=O)P(=O)(O)O. The molecule has 2 fully saturated rings. The number of epoxide rings is 1. The number of urea groups is 1. The third-order valence-electron chi connectivity index (χ3n) is 4.29. The van der Waals surface area contributed by atoms with Gasteiger partial charge in [0.05, 0.1) is 19.3 Å². The summed E-state index contributed by atoms with van der Waals surface area (Å²) in [5, 5.41) is 0. The van der Waals surface area contributed by atoms with E-state index in [4.69, 9.17) is 14.2 Å². The van der Waals surface area contributed by atoms with Gasteiger partial charge in [-0.1, -0.05) is 0 Å². The fourth-order valence-corrected chi connectivity index (χ4v) is 3.76. The van der Waals surface area contributed by atoms with Crippen LogP contribution in [0.4, 0.5) is 4.79 Å². The normalized spacial score (nSPS) is 25.4. The highest BCUT2D eigenvalue weighted by atomic mass is 31.2. The second-order valence-electron chi connectivity index (χ2n) is 6.41. The van der Waals surface area contributed by atoms with Gasteiger partial charge >= 0.3 is 13.6 Å². The number of amides is 3. The number of ether oxygens (including phenoxy) is 3. The van der Waals surface area contributed by atoms with E-state index in [0.717, 1.165) is 0 Å². The Bertz CT molecular complexity index is 587. The second kappa shape index (κ2) is 6.94. The highest BCUT2D eigenvalue weighted by molar-refractivity contribution is 7.53. The summed E-state index contributed by atoms with van der Waals surface area (Å²) in [5.74, 6) is -0.755. The lowest BCUT2D eigenvalue weighted by molar-refractivity contribution is -0.157. The standard InChI is InChI=1S/C14H25N2O8P/c1-5-22-9-14(24-6-2,25(19,20)21)16-11(17)13(3,4)15(12(16)18)7-10-8-23-10/h10H,5-9H2,1-4H3,(H2,19,20,21). The molecule has 0 aromatic rings. The van der Waals surface area contributed by atoms with Crippen LogP contribution in [0.1, 0.15) is 27.7 Å². The van der Waals surface area contributed by atoms with Crippen molar-refractivity contribution >= 4 is 19.5 Å². The van der Waals surface area contributed by atoms with E-state index in [2.05, 4.69) is 0 Å². The van der Waals surface area contributed by atoms with Crippen LogP contribution in [0.15, 0.2) is 0 Å². The maximum absolute atomic E-state index is 12.9. The third-order valence-corrected chi connectivity index (χ3v) is 5.65. The maximum atomic E-state index is 12.9. The fraction of sp³-hybridized carbons (Fsp3) is 0.857. The van der Waals surface area contributed by atoms with Gasteiger partial charge in [0.25, 0.3) is 11.4 Å². The van der Waals surface area contributed by atoms with Gasteiger partial charge in [-0.2, -0.15) is 0 Å². The van der Waals surface area contributed by atoms with Gasteiger partial charge in [-0.3, -0.25) is 9.36 Å². The molecule has 0 radical (unpaired) electrons. The van der Waals surface area contributed by atoms with Gasteiger partial charge in [0.1, 0.15) is 12.1 Å². The molecule has 25 heavy (non-hydrogen) atoms. The first-order valence-corrected chi connectivity index (χ1v) is 9.69. The molecule has 0 saturated carbocycles. The average Bonchev–Trinajstić information content (AvgIpc) is 3.29. The van der Waals surface area contributed by atoms with Crippen molar-refractivity contribution in [3.05, 3.63) is 0 Å². The monoisotopic (exact) mass is 380 g/mol. The van der Waals surface area contributed by atoms with E-state index in [-0.39, 0.29) is 25.9 Å². The first kappa shape index (κ1) is 20.3. The van der Waals surface area contributed by atoms with Gasteiger partial charge in [-0.15, -0.1) is 0 Å². The molecule has 11 heteroatoms. The van der Waals surface area contributed by atoms with Crippen LogP contribution in [0, 0.1) is 0 Å². The Kier molecular flexibility index (Phi) is 5.63. The molecule has 2 heterocycles. The highest BCUT2D eigenvalue weighted by Gasteiger charge is 2.66. The van der Waals surface area contributed by atoms with Crippen LogP contribution >= 0.6 is 7.60 Å². The quantitative estimate of drug-likeness (QED) is 0.333. The van der Waals surface area contributed by atoms with Crippen molar-refractivity contribution in [1.82, 2.24) is 9.80 Å². The van der Waals surface area contributed by atoms with Crippen molar-refractivity contribution in [2.75, 3.05) is 33.0 Å². The van der Waals surface area contributed by atoms with E-state index in [0.29, 0.717) is 11.5 Å². The van der Waals surface area contributed by atoms with Crippen molar-refractivity contribution in [3.63, 3.8) is 0 Å². The molecule has 0 bridgehead atoms. The van der Waals surface area contributed by atoms with Crippen LogP contribution in [0.2, 0.25) is 0 Å². The fourth-order valence-electron chi connectivity index (χ4n) is 2.76. The first-order valence-electron chi connectivity index (χ1n) is 8.08. The molecule has 144 valence electrons. The Morgan fingerprint density at radius 3 is 2.36 bits per heavy atom. The van der Waals surface area contributed by atoms with Crippen LogP contribution < -0.4 is 0 Å². The smallest absolute Gasteiger partial charge is 0.376 e. The van der Waals surface area contributed by atoms with E-state index in [1.54, 1.807) is 6.92 Å².